The maximum atomic E-state index is 11.8. The van der Waals surface area contributed by atoms with Gasteiger partial charge in [0.2, 0.25) is 0 Å². The minimum Gasteiger partial charge on any atom is -0.497 e. The first-order valence-corrected chi connectivity index (χ1v) is 9.32. The predicted molar refractivity (Wildman–Crippen MR) is 120 cm³/mol. The van der Waals surface area contributed by atoms with Crippen molar-refractivity contribution in [1.82, 2.24) is 15.1 Å². The molecule has 1 aromatic carbocycles. The number of nitrogens with zero attached hydrogens (tertiary/aromatic N) is 3. The highest BCUT2D eigenvalue weighted by atomic mass is 127. The van der Waals surface area contributed by atoms with Gasteiger partial charge < -0.3 is 29.3 Å². The van der Waals surface area contributed by atoms with E-state index in [0.717, 1.165) is 43.5 Å². The number of carbonyl (C=O) groups excluding carboxylic acids is 1. The van der Waals surface area contributed by atoms with Gasteiger partial charge in [-0.05, 0) is 37.6 Å². The summed E-state index contributed by atoms with van der Waals surface area (Å²) in [6, 6.07) is 7.55. The Kier molecular flexibility index (Phi) is 11.5. The number of methoxy groups -OCH3 is 1. The van der Waals surface area contributed by atoms with Crippen LogP contribution in [0.4, 0.5) is 4.79 Å². The highest BCUT2D eigenvalue weighted by molar-refractivity contribution is 14.0. The number of amides is 1. The van der Waals surface area contributed by atoms with Crippen molar-refractivity contribution in [2.24, 2.45) is 4.99 Å². The summed E-state index contributed by atoms with van der Waals surface area (Å²) in [5.74, 6) is 2.49. The first kappa shape index (κ1) is 24.1. The van der Waals surface area contributed by atoms with Crippen LogP contribution in [0.25, 0.3) is 0 Å². The molecular formula is C19H31IN4O4. The van der Waals surface area contributed by atoms with E-state index in [1.165, 1.54) is 0 Å². The van der Waals surface area contributed by atoms with Crippen LogP contribution in [-0.2, 0) is 4.74 Å². The van der Waals surface area contributed by atoms with Gasteiger partial charge in [-0.15, -0.1) is 24.0 Å². The summed E-state index contributed by atoms with van der Waals surface area (Å²) in [7, 11) is 3.42. The van der Waals surface area contributed by atoms with Crippen molar-refractivity contribution in [2.45, 2.75) is 13.3 Å². The molecule has 1 aliphatic heterocycles. The molecule has 0 radical (unpaired) electrons. The fourth-order valence-corrected chi connectivity index (χ4v) is 2.78. The van der Waals surface area contributed by atoms with Gasteiger partial charge in [-0.2, -0.15) is 0 Å². The molecule has 1 aromatic rings. The quantitative estimate of drug-likeness (QED) is 0.265. The predicted octanol–water partition coefficient (Wildman–Crippen LogP) is 2.43. The number of nitrogens with one attached hydrogen (secondary N) is 1. The molecule has 9 heteroatoms. The zero-order chi connectivity index (χ0) is 19.5. The van der Waals surface area contributed by atoms with E-state index in [4.69, 9.17) is 14.2 Å². The maximum absolute atomic E-state index is 11.8. The van der Waals surface area contributed by atoms with Crippen LogP contribution in [0.15, 0.2) is 29.3 Å². The van der Waals surface area contributed by atoms with Crippen LogP contribution in [-0.4, -0.2) is 81.9 Å². The van der Waals surface area contributed by atoms with Crippen LogP contribution >= 0.6 is 24.0 Å². The van der Waals surface area contributed by atoms with Gasteiger partial charge in [-0.25, -0.2) is 4.79 Å². The summed E-state index contributed by atoms with van der Waals surface area (Å²) >= 11 is 0. The molecule has 0 aliphatic carbocycles. The van der Waals surface area contributed by atoms with Gasteiger partial charge in [0.25, 0.3) is 0 Å². The molecule has 0 saturated carbocycles. The molecule has 1 fully saturated rings. The van der Waals surface area contributed by atoms with Gasteiger partial charge in [0.05, 0.1) is 20.3 Å². The van der Waals surface area contributed by atoms with Gasteiger partial charge in [0.15, 0.2) is 5.96 Å². The monoisotopic (exact) mass is 506 g/mol. The zero-order valence-electron chi connectivity index (χ0n) is 16.8. The van der Waals surface area contributed by atoms with E-state index in [1.54, 1.807) is 19.1 Å². The van der Waals surface area contributed by atoms with Gasteiger partial charge in [-0.3, -0.25) is 4.99 Å². The first-order valence-electron chi connectivity index (χ1n) is 9.32. The molecule has 158 valence electrons. The molecule has 1 amide bonds. The number of rotatable bonds is 7. The van der Waals surface area contributed by atoms with Gasteiger partial charge >= 0.3 is 6.09 Å². The summed E-state index contributed by atoms with van der Waals surface area (Å²) in [5, 5.41) is 3.35. The Hall–Kier alpha value is -1.91. The lowest BCUT2D eigenvalue weighted by Crippen LogP contribution is -2.54. The molecule has 0 atom stereocenters. The van der Waals surface area contributed by atoms with Crippen LogP contribution in [0.2, 0.25) is 0 Å². The van der Waals surface area contributed by atoms with Crippen LogP contribution in [0.3, 0.4) is 0 Å². The van der Waals surface area contributed by atoms with E-state index in [1.807, 2.05) is 31.2 Å². The number of benzene rings is 1. The normalized spacial score (nSPS) is 14.2. The minimum absolute atomic E-state index is 0. The average Bonchev–Trinajstić information content (AvgIpc) is 2.71. The zero-order valence-corrected chi connectivity index (χ0v) is 19.2. The fourth-order valence-electron chi connectivity index (χ4n) is 2.78. The third kappa shape index (κ3) is 7.61. The number of guanidine groups is 1. The molecule has 8 nitrogen and oxygen atoms in total. The Bertz CT molecular complexity index is 604. The molecule has 1 heterocycles. The van der Waals surface area contributed by atoms with Gasteiger partial charge in [0.1, 0.15) is 11.5 Å². The second kappa shape index (κ2) is 13.3. The summed E-state index contributed by atoms with van der Waals surface area (Å²) < 4.78 is 15.9. The lowest BCUT2D eigenvalue weighted by molar-refractivity contribution is 0.0914. The molecule has 1 aliphatic rings. The number of piperazine rings is 1. The van der Waals surface area contributed by atoms with E-state index in [2.05, 4.69) is 15.2 Å². The van der Waals surface area contributed by atoms with Gasteiger partial charge in [0, 0.05) is 39.8 Å². The SMILES string of the molecule is CCOC(=O)N1CCN(C(=NC)NCCCOc2ccc(OC)cc2)CC1.I. The number of carbonyl (C=O) groups is 1. The summed E-state index contributed by atoms with van der Waals surface area (Å²) in [4.78, 5) is 20.0. The molecule has 1 N–H and O–H groups in total. The van der Waals surface area contributed by atoms with Crippen LogP contribution < -0.4 is 14.8 Å². The molecule has 0 bridgehead atoms. The van der Waals surface area contributed by atoms with E-state index in [-0.39, 0.29) is 30.1 Å². The Labute approximate surface area is 184 Å². The Morgan fingerprint density at radius 3 is 2.29 bits per heavy atom. The van der Waals surface area contributed by atoms with Gasteiger partial charge in [-0.1, -0.05) is 0 Å². The first-order chi connectivity index (χ1) is 13.2. The largest absolute Gasteiger partial charge is 0.497 e. The van der Waals surface area contributed by atoms with Crippen LogP contribution in [0.1, 0.15) is 13.3 Å². The summed E-state index contributed by atoms with van der Waals surface area (Å²) in [6.07, 6.45) is 0.615. The molecule has 0 unspecified atom stereocenters. The second-order valence-corrected chi connectivity index (χ2v) is 6.02. The van der Waals surface area contributed by atoms with Crippen molar-refractivity contribution >= 4 is 36.0 Å². The number of halogens is 1. The third-order valence-corrected chi connectivity index (χ3v) is 4.25. The molecule has 1 saturated heterocycles. The number of ether oxygens (including phenoxy) is 3. The second-order valence-electron chi connectivity index (χ2n) is 6.02. The highest BCUT2D eigenvalue weighted by Gasteiger charge is 2.23. The van der Waals surface area contributed by atoms with Crippen molar-refractivity contribution < 1.29 is 19.0 Å². The molecule has 28 heavy (non-hydrogen) atoms. The average molecular weight is 506 g/mol. The van der Waals surface area contributed by atoms with Crippen LogP contribution in [0.5, 0.6) is 11.5 Å². The molecule has 0 spiro atoms. The fraction of sp³-hybridized carbons (Fsp3) is 0.579. The topological polar surface area (TPSA) is 75.6 Å². The van der Waals surface area contributed by atoms with Crippen molar-refractivity contribution in [2.75, 3.05) is 60.1 Å². The molecule has 2 rings (SSSR count). The Morgan fingerprint density at radius 1 is 1.11 bits per heavy atom. The standard InChI is InChI=1S/C19H30N4O4.HI/c1-4-26-19(24)23-13-11-22(12-14-23)18(20-2)21-10-5-15-27-17-8-6-16(25-3)7-9-17;/h6-9H,4-5,10-15H2,1-3H3,(H,20,21);1H. The molecule has 0 aromatic heterocycles. The van der Waals surface area contributed by atoms with Crippen molar-refractivity contribution in [3.8, 4) is 11.5 Å². The minimum atomic E-state index is -0.240. The smallest absolute Gasteiger partial charge is 0.409 e. The van der Waals surface area contributed by atoms with E-state index < -0.39 is 0 Å². The van der Waals surface area contributed by atoms with Crippen molar-refractivity contribution in [3.63, 3.8) is 0 Å². The summed E-state index contributed by atoms with van der Waals surface area (Å²) in [5.41, 5.74) is 0. The lowest BCUT2D eigenvalue weighted by Gasteiger charge is -2.35. The highest BCUT2D eigenvalue weighted by Crippen LogP contribution is 2.16. The number of aliphatic imine (C=N–C) groups is 1. The third-order valence-electron chi connectivity index (χ3n) is 4.25. The number of hydrogen-bond donors (Lipinski definition) is 1. The van der Waals surface area contributed by atoms with E-state index in [0.29, 0.717) is 26.3 Å². The molecular weight excluding hydrogens is 475 g/mol. The number of hydrogen-bond acceptors (Lipinski definition) is 5. The maximum Gasteiger partial charge on any atom is 0.409 e. The van der Waals surface area contributed by atoms with E-state index in [9.17, 15) is 4.79 Å². The van der Waals surface area contributed by atoms with Crippen molar-refractivity contribution in [1.29, 1.82) is 0 Å². The van der Waals surface area contributed by atoms with Crippen LogP contribution in [0, 0.1) is 0 Å². The van der Waals surface area contributed by atoms with Crippen molar-refractivity contribution in [3.05, 3.63) is 24.3 Å². The Morgan fingerprint density at radius 2 is 1.71 bits per heavy atom. The summed E-state index contributed by atoms with van der Waals surface area (Å²) in [6.45, 7) is 6.36. The lowest BCUT2D eigenvalue weighted by atomic mass is 10.3. The Balaban J connectivity index is 0.00000392. The van der Waals surface area contributed by atoms with E-state index >= 15 is 0 Å².